The quantitative estimate of drug-likeness (QED) is 0.915. The average Bonchev–Trinajstić information content (AvgIpc) is 2.50. The zero-order valence-electron chi connectivity index (χ0n) is 11.7. The van der Waals surface area contributed by atoms with Gasteiger partial charge in [0.15, 0.2) is 0 Å². The molecule has 0 spiro atoms. The van der Waals surface area contributed by atoms with Gasteiger partial charge in [-0.3, -0.25) is 14.5 Å². The Morgan fingerprint density at radius 1 is 1.23 bits per heavy atom. The Labute approximate surface area is 132 Å². The van der Waals surface area contributed by atoms with Crippen molar-refractivity contribution in [2.24, 2.45) is 0 Å². The summed E-state index contributed by atoms with van der Waals surface area (Å²) in [6, 6.07) is 14.3. The van der Waals surface area contributed by atoms with Gasteiger partial charge in [-0.25, -0.2) is 0 Å². The predicted molar refractivity (Wildman–Crippen MR) is 87.4 cm³/mol. The molecule has 5 nitrogen and oxygen atoms in total. The number of amides is 2. The Morgan fingerprint density at radius 2 is 2.05 bits per heavy atom. The molecular formula is C16H14ClN3O2. The third-order valence-electron chi connectivity index (χ3n) is 3.34. The number of rotatable bonds is 3. The van der Waals surface area contributed by atoms with Gasteiger partial charge in [0.05, 0.1) is 17.9 Å². The highest BCUT2D eigenvalue weighted by Gasteiger charge is 2.25. The summed E-state index contributed by atoms with van der Waals surface area (Å²) in [5, 5.41) is 6.32. The second-order valence-electron chi connectivity index (χ2n) is 4.91. The summed E-state index contributed by atoms with van der Waals surface area (Å²) in [5.74, 6) is -0.410. The van der Waals surface area contributed by atoms with Crippen LogP contribution >= 0.6 is 11.6 Å². The summed E-state index contributed by atoms with van der Waals surface area (Å²) in [7, 11) is 0. The fourth-order valence-corrected chi connectivity index (χ4v) is 2.53. The summed E-state index contributed by atoms with van der Waals surface area (Å²) < 4.78 is 0. The van der Waals surface area contributed by atoms with E-state index >= 15 is 0 Å². The first-order valence-electron chi connectivity index (χ1n) is 6.82. The Hall–Kier alpha value is -2.53. The molecule has 0 fully saturated rings. The van der Waals surface area contributed by atoms with E-state index in [2.05, 4.69) is 10.6 Å². The second-order valence-corrected chi connectivity index (χ2v) is 5.35. The first kappa shape index (κ1) is 14.4. The van der Waals surface area contributed by atoms with E-state index < -0.39 is 0 Å². The third-order valence-corrected chi connectivity index (χ3v) is 3.57. The number of para-hydroxylation sites is 2. The zero-order chi connectivity index (χ0) is 15.5. The van der Waals surface area contributed by atoms with E-state index in [0.717, 1.165) is 5.69 Å². The van der Waals surface area contributed by atoms with Crippen molar-refractivity contribution in [3.8, 4) is 0 Å². The molecule has 0 bridgehead atoms. The van der Waals surface area contributed by atoms with E-state index in [0.29, 0.717) is 16.4 Å². The Morgan fingerprint density at radius 3 is 2.86 bits per heavy atom. The molecule has 0 saturated heterocycles. The van der Waals surface area contributed by atoms with Crippen LogP contribution in [-0.2, 0) is 9.59 Å². The van der Waals surface area contributed by atoms with Crippen LogP contribution in [0.2, 0.25) is 5.02 Å². The van der Waals surface area contributed by atoms with E-state index in [1.54, 1.807) is 24.3 Å². The minimum Gasteiger partial charge on any atom is -0.374 e. The Balaban J connectivity index is 1.75. The van der Waals surface area contributed by atoms with Gasteiger partial charge in [0.1, 0.15) is 6.54 Å². The standard InChI is InChI=1S/C16H14ClN3O2/c17-11-4-3-5-12(8-11)19-15(21)10-20-14-7-2-1-6-13(14)18-9-16(20)22/h1-8,18H,9-10H2,(H,19,21). The van der Waals surface area contributed by atoms with Crippen LogP contribution in [0.15, 0.2) is 48.5 Å². The summed E-state index contributed by atoms with van der Waals surface area (Å²) >= 11 is 5.89. The molecule has 0 radical (unpaired) electrons. The van der Waals surface area contributed by atoms with Gasteiger partial charge in [-0.1, -0.05) is 29.8 Å². The van der Waals surface area contributed by atoms with E-state index in [1.165, 1.54) is 4.90 Å². The molecule has 2 aromatic rings. The summed E-state index contributed by atoms with van der Waals surface area (Å²) in [5.41, 5.74) is 2.16. The van der Waals surface area contributed by atoms with E-state index in [4.69, 9.17) is 11.6 Å². The number of hydrogen-bond acceptors (Lipinski definition) is 3. The maximum absolute atomic E-state index is 12.2. The topological polar surface area (TPSA) is 61.4 Å². The lowest BCUT2D eigenvalue weighted by molar-refractivity contribution is -0.120. The van der Waals surface area contributed by atoms with E-state index in [-0.39, 0.29) is 24.9 Å². The number of fused-ring (bicyclic) bond motifs is 1. The third kappa shape index (κ3) is 3.04. The monoisotopic (exact) mass is 315 g/mol. The van der Waals surface area contributed by atoms with Crippen LogP contribution in [0.5, 0.6) is 0 Å². The van der Waals surface area contributed by atoms with E-state index in [9.17, 15) is 9.59 Å². The summed E-state index contributed by atoms with van der Waals surface area (Å²) in [6.07, 6.45) is 0. The number of nitrogens with one attached hydrogen (secondary N) is 2. The van der Waals surface area contributed by atoms with E-state index in [1.807, 2.05) is 24.3 Å². The van der Waals surface area contributed by atoms with Crippen LogP contribution in [-0.4, -0.2) is 24.9 Å². The molecule has 0 aliphatic carbocycles. The van der Waals surface area contributed by atoms with Crippen LogP contribution in [0.1, 0.15) is 0 Å². The highest BCUT2D eigenvalue weighted by molar-refractivity contribution is 6.30. The molecule has 2 aromatic carbocycles. The van der Waals surface area contributed by atoms with Gasteiger partial charge in [0.2, 0.25) is 11.8 Å². The minimum atomic E-state index is -0.271. The molecule has 1 aliphatic rings. The van der Waals surface area contributed by atoms with Gasteiger partial charge in [0, 0.05) is 10.7 Å². The number of anilines is 3. The van der Waals surface area contributed by atoms with Gasteiger partial charge in [-0.2, -0.15) is 0 Å². The maximum Gasteiger partial charge on any atom is 0.246 e. The molecule has 1 heterocycles. The van der Waals surface area contributed by atoms with Crippen molar-refractivity contribution in [3.05, 3.63) is 53.6 Å². The molecule has 1 aliphatic heterocycles. The van der Waals surface area contributed by atoms with Crippen LogP contribution in [0, 0.1) is 0 Å². The number of hydrogen-bond donors (Lipinski definition) is 2. The van der Waals surface area contributed by atoms with Gasteiger partial charge < -0.3 is 10.6 Å². The van der Waals surface area contributed by atoms with Crippen molar-refractivity contribution in [3.63, 3.8) is 0 Å². The molecule has 0 atom stereocenters. The number of benzene rings is 2. The van der Waals surface area contributed by atoms with Crippen LogP contribution in [0.3, 0.4) is 0 Å². The highest BCUT2D eigenvalue weighted by Crippen LogP contribution is 2.28. The van der Waals surface area contributed by atoms with Crippen molar-refractivity contribution in [2.75, 3.05) is 28.6 Å². The predicted octanol–water partition coefficient (Wildman–Crippen LogP) is 2.74. The fourth-order valence-electron chi connectivity index (χ4n) is 2.34. The van der Waals surface area contributed by atoms with Gasteiger partial charge in [0.25, 0.3) is 0 Å². The molecule has 2 N–H and O–H groups in total. The first-order valence-corrected chi connectivity index (χ1v) is 7.20. The van der Waals surface area contributed by atoms with Crippen molar-refractivity contribution in [1.29, 1.82) is 0 Å². The molecule has 2 amide bonds. The summed E-state index contributed by atoms with van der Waals surface area (Å²) in [6.45, 7) is 0.144. The van der Waals surface area contributed by atoms with Gasteiger partial charge >= 0.3 is 0 Å². The van der Waals surface area contributed by atoms with Crippen molar-refractivity contribution in [2.45, 2.75) is 0 Å². The SMILES string of the molecule is O=C(CN1C(=O)CNc2ccccc21)Nc1cccc(Cl)c1. The van der Waals surface area contributed by atoms with Crippen LogP contribution < -0.4 is 15.5 Å². The van der Waals surface area contributed by atoms with Gasteiger partial charge in [-0.15, -0.1) is 0 Å². The zero-order valence-corrected chi connectivity index (χ0v) is 12.4. The molecule has 3 rings (SSSR count). The molecule has 22 heavy (non-hydrogen) atoms. The lowest BCUT2D eigenvalue weighted by atomic mass is 10.2. The lowest BCUT2D eigenvalue weighted by Gasteiger charge is -2.29. The average molecular weight is 316 g/mol. The molecule has 0 unspecified atom stereocenters. The molecule has 6 heteroatoms. The second kappa shape index (κ2) is 6.07. The number of nitrogens with zero attached hydrogens (tertiary/aromatic N) is 1. The maximum atomic E-state index is 12.2. The van der Waals surface area contributed by atoms with Crippen molar-refractivity contribution < 1.29 is 9.59 Å². The molecule has 0 saturated carbocycles. The number of carbonyl (C=O) groups excluding carboxylic acids is 2. The number of carbonyl (C=O) groups is 2. The molecular weight excluding hydrogens is 302 g/mol. The van der Waals surface area contributed by atoms with Gasteiger partial charge in [-0.05, 0) is 30.3 Å². The van der Waals surface area contributed by atoms with Crippen molar-refractivity contribution in [1.82, 2.24) is 0 Å². The smallest absolute Gasteiger partial charge is 0.246 e. The normalized spacial score (nSPS) is 13.3. The van der Waals surface area contributed by atoms with Crippen LogP contribution in [0.4, 0.5) is 17.1 Å². The highest BCUT2D eigenvalue weighted by atomic mass is 35.5. The largest absolute Gasteiger partial charge is 0.374 e. The lowest BCUT2D eigenvalue weighted by Crippen LogP contribution is -2.44. The minimum absolute atomic E-state index is 0.0377. The fraction of sp³-hybridized carbons (Fsp3) is 0.125. The summed E-state index contributed by atoms with van der Waals surface area (Å²) in [4.78, 5) is 25.7. The Bertz CT molecular complexity index is 733. The first-order chi connectivity index (χ1) is 10.6. The van der Waals surface area contributed by atoms with Crippen LogP contribution in [0.25, 0.3) is 0 Å². The van der Waals surface area contributed by atoms with Crippen molar-refractivity contribution >= 4 is 40.5 Å². The molecule has 0 aromatic heterocycles. The Kier molecular flexibility index (Phi) is 3.98. The molecule has 112 valence electrons. The number of halogens is 1.